The van der Waals surface area contributed by atoms with Crippen LogP contribution in [0, 0.1) is 0 Å². The second kappa shape index (κ2) is 5.32. The third-order valence-electron chi connectivity index (χ3n) is 2.16. The van der Waals surface area contributed by atoms with Gasteiger partial charge < -0.3 is 4.74 Å². The molecule has 1 fully saturated rings. The summed E-state index contributed by atoms with van der Waals surface area (Å²) in [5, 5.41) is 5.13. The first-order valence-corrected chi connectivity index (χ1v) is 7.07. The molecular formula is C7H16N2O3S2. The minimum absolute atomic E-state index is 0.0464. The Morgan fingerprint density at radius 3 is 2.79 bits per heavy atom. The second-order valence-electron chi connectivity index (χ2n) is 3.17. The lowest BCUT2D eigenvalue weighted by Gasteiger charge is -2.24. The topological polar surface area (TPSA) is 72.6 Å². The standard InChI is InChI=1S/C7H16N2O3S2/c1-12-4-3-9(14(8,10)11)7-2-5-13-6-7/h7H,2-6H2,1H3,(H2,8,10,11). The molecule has 1 atom stereocenters. The molecule has 1 unspecified atom stereocenters. The Kier molecular flexibility index (Phi) is 4.65. The zero-order valence-electron chi connectivity index (χ0n) is 8.18. The van der Waals surface area contributed by atoms with Crippen molar-refractivity contribution in [3.63, 3.8) is 0 Å². The summed E-state index contributed by atoms with van der Waals surface area (Å²) in [4.78, 5) is 0. The lowest BCUT2D eigenvalue weighted by molar-refractivity contribution is 0.169. The van der Waals surface area contributed by atoms with Gasteiger partial charge in [-0.2, -0.15) is 24.5 Å². The van der Waals surface area contributed by atoms with Crippen LogP contribution in [0.15, 0.2) is 0 Å². The maximum atomic E-state index is 11.3. The van der Waals surface area contributed by atoms with E-state index in [1.54, 1.807) is 18.9 Å². The number of hydrogen-bond acceptors (Lipinski definition) is 4. The minimum atomic E-state index is -3.58. The molecule has 0 amide bonds. The molecule has 0 aromatic rings. The van der Waals surface area contributed by atoms with Crippen LogP contribution in [0.4, 0.5) is 0 Å². The van der Waals surface area contributed by atoms with Crippen molar-refractivity contribution in [3.8, 4) is 0 Å². The van der Waals surface area contributed by atoms with E-state index in [1.165, 1.54) is 4.31 Å². The van der Waals surface area contributed by atoms with E-state index in [1.807, 2.05) is 0 Å². The number of ether oxygens (including phenoxy) is 1. The van der Waals surface area contributed by atoms with Crippen molar-refractivity contribution in [1.82, 2.24) is 4.31 Å². The fourth-order valence-corrected chi connectivity index (χ4v) is 3.69. The van der Waals surface area contributed by atoms with Crippen LogP contribution >= 0.6 is 11.8 Å². The average Bonchev–Trinajstić information content (AvgIpc) is 2.55. The first-order valence-electron chi connectivity index (χ1n) is 4.42. The van der Waals surface area contributed by atoms with Crippen molar-refractivity contribution in [1.29, 1.82) is 0 Å². The van der Waals surface area contributed by atoms with Gasteiger partial charge in [-0.1, -0.05) is 0 Å². The highest BCUT2D eigenvalue weighted by Gasteiger charge is 2.29. The fraction of sp³-hybridized carbons (Fsp3) is 1.00. The number of hydrogen-bond donors (Lipinski definition) is 1. The van der Waals surface area contributed by atoms with Crippen LogP contribution < -0.4 is 5.14 Å². The largest absolute Gasteiger partial charge is 0.383 e. The SMILES string of the molecule is COCCN(C1CCSC1)S(N)(=O)=O. The summed E-state index contributed by atoms with van der Waals surface area (Å²) >= 11 is 1.76. The molecule has 84 valence electrons. The van der Waals surface area contributed by atoms with Gasteiger partial charge in [-0.3, -0.25) is 0 Å². The van der Waals surface area contributed by atoms with E-state index in [4.69, 9.17) is 9.88 Å². The molecule has 0 aromatic heterocycles. The van der Waals surface area contributed by atoms with Crippen molar-refractivity contribution < 1.29 is 13.2 Å². The van der Waals surface area contributed by atoms with Gasteiger partial charge in [0, 0.05) is 25.4 Å². The summed E-state index contributed by atoms with van der Waals surface area (Å²) in [5.41, 5.74) is 0. The van der Waals surface area contributed by atoms with Gasteiger partial charge in [0.05, 0.1) is 6.61 Å². The summed E-state index contributed by atoms with van der Waals surface area (Å²) in [5.74, 6) is 1.84. The molecule has 1 heterocycles. The molecule has 0 bridgehead atoms. The highest BCUT2D eigenvalue weighted by molar-refractivity contribution is 7.99. The maximum Gasteiger partial charge on any atom is 0.277 e. The smallest absolute Gasteiger partial charge is 0.277 e. The van der Waals surface area contributed by atoms with Gasteiger partial charge >= 0.3 is 0 Å². The van der Waals surface area contributed by atoms with Gasteiger partial charge in [-0.05, 0) is 12.2 Å². The molecule has 0 spiro atoms. The van der Waals surface area contributed by atoms with Crippen molar-refractivity contribution in [2.75, 3.05) is 31.8 Å². The van der Waals surface area contributed by atoms with Gasteiger partial charge in [0.2, 0.25) is 0 Å². The van der Waals surface area contributed by atoms with Crippen LogP contribution in [0.25, 0.3) is 0 Å². The molecule has 1 aliphatic rings. The number of nitrogens with zero attached hydrogens (tertiary/aromatic N) is 1. The summed E-state index contributed by atoms with van der Waals surface area (Å²) in [6.07, 6.45) is 0.880. The minimum Gasteiger partial charge on any atom is -0.383 e. The predicted molar refractivity (Wildman–Crippen MR) is 57.4 cm³/mol. The van der Waals surface area contributed by atoms with Crippen molar-refractivity contribution in [2.45, 2.75) is 12.5 Å². The van der Waals surface area contributed by atoms with Crippen LogP contribution in [0.1, 0.15) is 6.42 Å². The Labute approximate surface area is 89.2 Å². The summed E-state index contributed by atoms with van der Waals surface area (Å²) in [6.45, 7) is 0.734. The van der Waals surface area contributed by atoms with E-state index >= 15 is 0 Å². The summed E-state index contributed by atoms with van der Waals surface area (Å²) in [6, 6.07) is 0.0464. The fourth-order valence-electron chi connectivity index (χ4n) is 1.45. The zero-order chi connectivity index (χ0) is 10.6. The Hall–Kier alpha value is 0.180. The van der Waals surface area contributed by atoms with Crippen LogP contribution in [0.5, 0.6) is 0 Å². The van der Waals surface area contributed by atoms with Crippen LogP contribution in [0.3, 0.4) is 0 Å². The van der Waals surface area contributed by atoms with E-state index < -0.39 is 10.2 Å². The normalized spacial score (nSPS) is 23.2. The van der Waals surface area contributed by atoms with E-state index in [0.29, 0.717) is 13.2 Å². The van der Waals surface area contributed by atoms with Crippen LogP contribution in [-0.4, -0.2) is 50.5 Å². The molecule has 0 aliphatic carbocycles. The monoisotopic (exact) mass is 240 g/mol. The molecule has 14 heavy (non-hydrogen) atoms. The lowest BCUT2D eigenvalue weighted by atomic mass is 10.3. The second-order valence-corrected chi connectivity index (χ2v) is 5.81. The maximum absolute atomic E-state index is 11.3. The number of thioether (sulfide) groups is 1. The van der Waals surface area contributed by atoms with Gasteiger partial charge in [-0.25, -0.2) is 5.14 Å². The number of rotatable bonds is 5. The highest BCUT2D eigenvalue weighted by atomic mass is 32.2. The Balaban J connectivity index is 2.61. The molecule has 1 saturated heterocycles. The molecule has 5 nitrogen and oxygen atoms in total. The van der Waals surface area contributed by atoms with E-state index in [0.717, 1.165) is 17.9 Å². The van der Waals surface area contributed by atoms with Gasteiger partial charge in [0.1, 0.15) is 0 Å². The molecule has 2 N–H and O–H groups in total. The first kappa shape index (κ1) is 12.3. The van der Waals surface area contributed by atoms with Crippen LogP contribution in [-0.2, 0) is 14.9 Å². The molecule has 0 saturated carbocycles. The Morgan fingerprint density at radius 1 is 1.64 bits per heavy atom. The van der Waals surface area contributed by atoms with E-state index in [9.17, 15) is 8.42 Å². The third-order valence-corrected chi connectivity index (χ3v) is 4.43. The molecule has 1 rings (SSSR count). The van der Waals surface area contributed by atoms with E-state index in [-0.39, 0.29) is 6.04 Å². The third kappa shape index (κ3) is 3.39. The first-order chi connectivity index (χ1) is 6.55. The van der Waals surface area contributed by atoms with E-state index in [2.05, 4.69) is 0 Å². The number of nitrogens with two attached hydrogens (primary N) is 1. The Morgan fingerprint density at radius 2 is 2.36 bits per heavy atom. The Bertz CT molecular complexity index is 262. The lowest BCUT2D eigenvalue weighted by Crippen LogP contribution is -2.45. The van der Waals surface area contributed by atoms with Crippen molar-refractivity contribution in [2.24, 2.45) is 5.14 Å². The molecule has 1 aliphatic heterocycles. The molecule has 0 radical (unpaired) electrons. The highest BCUT2D eigenvalue weighted by Crippen LogP contribution is 2.23. The zero-order valence-corrected chi connectivity index (χ0v) is 9.81. The van der Waals surface area contributed by atoms with Gasteiger partial charge in [0.15, 0.2) is 0 Å². The molecular weight excluding hydrogens is 224 g/mol. The van der Waals surface area contributed by atoms with Crippen LogP contribution in [0.2, 0.25) is 0 Å². The van der Waals surface area contributed by atoms with Gasteiger partial charge in [-0.15, -0.1) is 0 Å². The quantitative estimate of drug-likeness (QED) is 0.712. The average molecular weight is 240 g/mol. The number of methoxy groups -OCH3 is 1. The van der Waals surface area contributed by atoms with Crippen molar-refractivity contribution >= 4 is 22.0 Å². The predicted octanol–water partition coefficient (Wildman–Crippen LogP) is -0.356. The summed E-state index contributed by atoms with van der Waals surface area (Å²) in [7, 11) is -2.03. The van der Waals surface area contributed by atoms with Gasteiger partial charge in [0.25, 0.3) is 10.2 Å². The van der Waals surface area contributed by atoms with Crippen molar-refractivity contribution in [3.05, 3.63) is 0 Å². The molecule has 0 aromatic carbocycles. The molecule has 7 heteroatoms. The summed E-state index contributed by atoms with van der Waals surface area (Å²) < 4.78 is 28.7.